The third-order valence-electron chi connectivity index (χ3n) is 2.18. The number of hydrogen-bond acceptors (Lipinski definition) is 5. The minimum Gasteiger partial charge on any atom is -0.395 e. The predicted octanol–water partition coefficient (Wildman–Crippen LogP) is 2.69. The molecule has 0 aliphatic carbocycles. The number of rotatable bonds is 5. The number of hydrogen-bond donors (Lipinski definition) is 2. The van der Waals surface area contributed by atoms with Crippen LogP contribution in [0.1, 0.15) is 11.8 Å². The Morgan fingerprint density at radius 3 is 2.65 bits per heavy atom. The third-order valence-corrected chi connectivity index (χ3v) is 4.31. The number of aromatic nitrogens is 1. The largest absolute Gasteiger partial charge is 0.427 e. The van der Waals surface area contributed by atoms with Crippen molar-refractivity contribution in [1.82, 2.24) is 4.98 Å². The molecular formula is C9H13F3N2OS2. The summed E-state index contributed by atoms with van der Waals surface area (Å²) in [5.74, 6) is 0. The molecule has 2 unspecified atom stereocenters. The van der Waals surface area contributed by atoms with E-state index in [0.717, 1.165) is 6.20 Å². The highest BCUT2D eigenvalue weighted by Gasteiger charge is 2.33. The molecule has 0 saturated carbocycles. The number of alkyl halides is 3. The smallest absolute Gasteiger partial charge is 0.395 e. The van der Waals surface area contributed by atoms with Crippen molar-refractivity contribution in [3.8, 4) is 0 Å². The lowest BCUT2D eigenvalue weighted by molar-refractivity contribution is -0.134. The number of aliphatic hydroxyl groups is 1. The third kappa shape index (κ3) is 4.04. The highest BCUT2D eigenvalue weighted by molar-refractivity contribution is 7.99. The summed E-state index contributed by atoms with van der Waals surface area (Å²) >= 11 is 2.02. The molecule has 1 aromatic heterocycles. The number of aliphatic hydroxyl groups excluding tert-OH is 1. The van der Waals surface area contributed by atoms with Crippen LogP contribution < -0.4 is 5.32 Å². The van der Waals surface area contributed by atoms with Crippen LogP contribution in [0.2, 0.25) is 0 Å². The Morgan fingerprint density at radius 2 is 2.24 bits per heavy atom. The van der Waals surface area contributed by atoms with Gasteiger partial charge in [0.15, 0.2) is 5.13 Å². The van der Waals surface area contributed by atoms with Gasteiger partial charge in [0.2, 0.25) is 0 Å². The van der Waals surface area contributed by atoms with Crippen molar-refractivity contribution < 1.29 is 18.3 Å². The Labute approximate surface area is 105 Å². The van der Waals surface area contributed by atoms with Crippen LogP contribution >= 0.6 is 23.1 Å². The first-order valence-corrected chi connectivity index (χ1v) is 6.92. The maximum atomic E-state index is 12.3. The van der Waals surface area contributed by atoms with E-state index in [4.69, 9.17) is 5.11 Å². The van der Waals surface area contributed by atoms with Gasteiger partial charge in [-0.2, -0.15) is 24.9 Å². The molecule has 2 atom stereocenters. The second-order valence-electron chi connectivity index (χ2n) is 3.42. The minimum absolute atomic E-state index is 0.0349. The Kier molecular flexibility index (Phi) is 5.08. The van der Waals surface area contributed by atoms with E-state index in [0.29, 0.717) is 11.3 Å². The average molecular weight is 286 g/mol. The summed E-state index contributed by atoms with van der Waals surface area (Å²) in [5.41, 5.74) is 0. The van der Waals surface area contributed by atoms with Crippen molar-refractivity contribution in [3.05, 3.63) is 11.1 Å². The number of thiazole rings is 1. The highest BCUT2D eigenvalue weighted by Crippen LogP contribution is 2.35. The van der Waals surface area contributed by atoms with E-state index in [1.807, 2.05) is 6.26 Å². The fourth-order valence-electron chi connectivity index (χ4n) is 1.20. The van der Waals surface area contributed by atoms with E-state index >= 15 is 0 Å². The molecule has 0 aliphatic rings. The summed E-state index contributed by atoms with van der Waals surface area (Å²) in [5, 5.41) is 12.1. The topological polar surface area (TPSA) is 45.1 Å². The maximum absolute atomic E-state index is 12.3. The van der Waals surface area contributed by atoms with Gasteiger partial charge in [0.05, 0.1) is 12.8 Å². The van der Waals surface area contributed by atoms with Crippen molar-refractivity contribution >= 4 is 28.2 Å². The van der Waals surface area contributed by atoms with Gasteiger partial charge in [-0.1, -0.05) is 11.3 Å². The van der Waals surface area contributed by atoms with Crippen molar-refractivity contribution in [2.45, 2.75) is 24.4 Å². The number of nitrogens with one attached hydrogen (secondary N) is 1. The number of halogens is 3. The van der Waals surface area contributed by atoms with Gasteiger partial charge in [0, 0.05) is 11.3 Å². The van der Waals surface area contributed by atoms with Crippen LogP contribution in [0.25, 0.3) is 0 Å². The van der Waals surface area contributed by atoms with E-state index in [1.54, 1.807) is 6.92 Å². The molecule has 8 heteroatoms. The maximum Gasteiger partial charge on any atom is 0.427 e. The van der Waals surface area contributed by atoms with Gasteiger partial charge in [0.1, 0.15) is 4.88 Å². The summed E-state index contributed by atoms with van der Waals surface area (Å²) in [6.07, 6.45) is -1.70. The van der Waals surface area contributed by atoms with Crippen LogP contribution in [-0.2, 0) is 6.18 Å². The molecule has 0 radical (unpaired) electrons. The molecule has 0 aliphatic heterocycles. The van der Waals surface area contributed by atoms with Crippen molar-refractivity contribution in [2.75, 3.05) is 18.2 Å². The molecular weight excluding hydrogens is 273 g/mol. The van der Waals surface area contributed by atoms with Gasteiger partial charge >= 0.3 is 6.18 Å². The molecule has 1 aromatic rings. The zero-order chi connectivity index (χ0) is 13.1. The summed E-state index contributed by atoms with van der Waals surface area (Å²) in [4.78, 5) is 2.95. The molecule has 1 heterocycles. The standard InChI is InChI=1S/C9H13F3N2OS2/c1-5(6(4-15)16-2)14-8-13-3-7(17-8)9(10,11)12/h3,5-6,15H,4H2,1-2H3,(H,13,14). The molecule has 0 saturated heterocycles. The van der Waals surface area contributed by atoms with Crippen LogP contribution in [0.15, 0.2) is 6.20 Å². The van der Waals surface area contributed by atoms with Crippen LogP contribution in [0.3, 0.4) is 0 Å². The Balaban J connectivity index is 2.66. The number of anilines is 1. The molecule has 0 fully saturated rings. The van der Waals surface area contributed by atoms with E-state index < -0.39 is 11.1 Å². The van der Waals surface area contributed by atoms with Gasteiger partial charge in [-0.25, -0.2) is 4.98 Å². The monoisotopic (exact) mass is 286 g/mol. The van der Waals surface area contributed by atoms with Gasteiger partial charge in [-0.05, 0) is 13.2 Å². The first kappa shape index (κ1) is 14.6. The fourth-order valence-corrected chi connectivity index (χ4v) is 2.60. The first-order valence-electron chi connectivity index (χ1n) is 4.81. The number of thioether (sulfide) groups is 1. The molecule has 0 spiro atoms. The van der Waals surface area contributed by atoms with Crippen LogP contribution in [0, 0.1) is 0 Å². The zero-order valence-electron chi connectivity index (χ0n) is 9.28. The van der Waals surface area contributed by atoms with E-state index in [2.05, 4.69) is 10.3 Å². The lowest BCUT2D eigenvalue weighted by atomic mass is 10.2. The van der Waals surface area contributed by atoms with Crippen LogP contribution in [0.4, 0.5) is 18.3 Å². The minimum atomic E-state index is -4.35. The van der Waals surface area contributed by atoms with Crippen molar-refractivity contribution in [3.63, 3.8) is 0 Å². The van der Waals surface area contributed by atoms with Crippen molar-refractivity contribution in [1.29, 1.82) is 0 Å². The van der Waals surface area contributed by atoms with E-state index in [-0.39, 0.29) is 23.0 Å². The summed E-state index contributed by atoms with van der Waals surface area (Å²) < 4.78 is 37.0. The predicted molar refractivity (Wildman–Crippen MR) is 64.6 cm³/mol. The van der Waals surface area contributed by atoms with Crippen molar-refractivity contribution in [2.24, 2.45) is 0 Å². The Morgan fingerprint density at radius 1 is 1.59 bits per heavy atom. The van der Waals surface area contributed by atoms with Gasteiger partial charge in [-0.15, -0.1) is 0 Å². The molecule has 1 rings (SSSR count). The van der Waals surface area contributed by atoms with Gasteiger partial charge < -0.3 is 10.4 Å². The quantitative estimate of drug-likeness (QED) is 0.873. The first-order chi connectivity index (χ1) is 7.88. The summed E-state index contributed by atoms with van der Waals surface area (Å²) in [6, 6.07) is -0.151. The number of nitrogens with zero attached hydrogens (tertiary/aromatic N) is 1. The fraction of sp³-hybridized carbons (Fsp3) is 0.667. The highest BCUT2D eigenvalue weighted by atomic mass is 32.2. The molecule has 98 valence electrons. The Hall–Kier alpha value is -0.470. The summed E-state index contributed by atoms with van der Waals surface area (Å²) in [6.45, 7) is 1.76. The second kappa shape index (κ2) is 5.92. The van der Waals surface area contributed by atoms with Gasteiger partial charge in [-0.3, -0.25) is 0 Å². The molecule has 2 N–H and O–H groups in total. The molecule has 17 heavy (non-hydrogen) atoms. The molecule has 0 aromatic carbocycles. The molecule has 0 amide bonds. The lowest BCUT2D eigenvalue weighted by Crippen LogP contribution is -2.30. The van der Waals surface area contributed by atoms with E-state index in [9.17, 15) is 13.2 Å². The Bertz CT molecular complexity index is 352. The van der Waals surface area contributed by atoms with E-state index in [1.165, 1.54) is 11.8 Å². The zero-order valence-corrected chi connectivity index (χ0v) is 10.9. The lowest BCUT2D eigenvalue weighted by Gasteiger charge is -2.20. The summed E-state index contributed by atoms with van der Waals surface area (Å²) in [7, 11) is 0. The van der Waals surface area contributed by atoms with Crippen LogP contribution in [0.5, 0.6) is 0 Å². The SMILES string of the molecule is CSC(CO)C(C)Nc1ncc(C(F)(F)F)s1. The average Bonchev–Trinajstić information content (AvgIpc) is 2.67. The normalized spacial score (nSPS) is 15.6. The second-order valence-corrected chi connectivity index (χ2v) is 5.52. The molecule has 0 bridgehead atoms. The molecule has 3 nitrogen and oxygen atoms in total. The van der Waals surface area contributed by atoms with Crippen LogP contribution in [-0.4, -0.2) is 34.2 Å². The van der Waals surface area contributed by atoms with Gasteiger partial charge in [0.25, 0.3) is 0 Å².